The number of benzene rings is 2. The van der Waals surface area contributed by atoms with E-state index in [4.69, 9.17) is 16.7 Å². The molecule has 0 aliphatic heterocycles. The highest BCUT2D eigenvalue weighted by atomic mass is 35.5. The molecule has 0 radical (unpaired) electrons. The summed E-state index contributed by atoms with van der Waals surface area (Å²) in [4.78, 5) is 0. The first-order chi connectivity index (χ1) is 7.20. The van der Waals surface area contributed by atoms with E-state index in [1.807, 2.05) is 18.2 Å². The molecule has 78 valence electrons. The summed E-state index contributed by atoms with van der Waals surface area (Å²) in [7, 11) is 0. The molecule has 1 nitrogen and oxygen atoms in total. The first-order valence-corrected chi connectivity index (χ1v) is 5.03. The van der Waals surface area contributed by atoms with Crippen molar-refractivity contribution < 1.29 is 5.11 Å². The van der Waals surface area contributed by atoms with Gasteiger partial charge in [0.2, 0.25) is 0 Å². The molecule has 2 rings (SSSR count). The zero-order valence-corrected chi connectivity index (χ0v) is 9.28. The Bertz CT molecular complexity index is 377. The van der Waals surface area contributed by atoms with E-state index >= 15 is 0 Å². The van der Waals surface area contributed by atoms with Crippen LogP contribution in [-0.2, 0) is 0 Å². The molecule has 0 unspecified atom stereocenters. The summed E-state index contributed by atoms with van der Waals surface area (Å²) in [5.41, 5.74) is 1.32. The molecule has 0 atom stereocenters. The van der Waals surface area contributed by atoms with Crippen molar-refractivity contribution in [2.75, 3.05) is 0 Å². The highest BCUT2D eigenvalue weighted by Crippen LogP contribution is 2.20. The molecule has 2 heteroatoms. The number of aryl methyl sites for hydroxylation is 1. The van der Waals surface area contributed by atoms with Gasteiger partial charge in [0.15, 0.2) is 0 Å². The van der Waals surface area contributed by atoms with Crippen LogP contribution in [0.4, 0.5) is 0 Å². The molecular formula is C13H13ClO. The van der Waals surface area contributed by atoms with E-state index in [1.165, 1.54) is 5.56 Å². The summed E-state index contributed by atoms with van der Waals surface area (Å²) in [5, 5.41) is 9.18. The van der Waals surface area contributed by atoms with Crippen LogP contribution in [0.15, 0.2) is 54.6 Å². The van der Waals surface area contributed by atoms with Crippen molar-refractivity contribution in [2.24, 2.45) is 0 Å². The number of hydrogen-bond acceptors (Lipinski definition) is 1. The Morgan fingerprint density at radius 3 is 1.73 bits per heavy atom. The summed E-state index contributed by atoms with van der Waals surface area (Å²) >= 11 is 5.46. The molecule has 0 amide bonds. The van der Waals surface area contributed by atoms with E-state index in [0.717, 1.165) is 0 Å². The third kappa shape index (κ3) is 4.52. The minimum absolute atomic E-state index is 0.133. The van der Waals surface area contributed by atoms with Gasteiger partial charge >= 0.3 is 0 Å². The van der Waals surface area contributed by atoms with Gasteiger partial charge in [0, 0.05) is 0 Å². The number of halogens is 1. The summed E-state index contributed by atoms with van der Waals surface area (Å²) in [6.45, 7) is 2.08. The van der Waals surface area contributed by atoms with Crippen molar-refractivity contribution in [2.45, 2.75) is 6.92 Å². The van der Waals surface area contributed by atoms with Crippen LogP contribution in [0.5, 0.6) is 5.75 Å². The fourth-order valence-electron chi connectivity index (χ4n) is 0.986. The molecule has 0 fully saturated rings. The highest BCUT2D eigenvalue weighted by Gasteiger charge is 1.89. The normalized spacial score (nSPS) is 8.93. The van der Waals surface area contributed by atoms with Crippen molar-refractivity contribution >= 4 is 11.6 Å². The maximum Gasteiger partial charge on any atom is 0.134 e. The molecule has 0 spiro atoms. The Balaban J connectivity index is 0.000000151. The van der Waals surface area contributed by atoms with Crippen LogP contribution in [0.2, 0.25) is 5.02 Å². The van der Waals surface area contributed by atoms with Crippen LogP contribution in [0, 0.1) is 6.92 Å². The fourth-order valence-corrected chi connectivity index (χ4v) is 1.12. The molecule has 0 saturated heterocycles. The standard InChI is InChI=1S/C7H8.C6H5ClO/c1-7-5-3-2-4-6-7;7-5-3-1-2-4-6(5)8/h2-6H,1H3;1-4,8H. The van der Waals surface area contributed by atoms with Gasteiger partial charge in [0.25, 0.3) is 0 Å². The first-order valence-electron chi connectivity index (χ1n) is 4.65. The molecule has 0 aliphatic carbocycles. The number of phenols is 1. The third-order valence-corrected chi connectivity index (χ3v) is 2.11. The van der Waals surface area contributed by atoms with Gasteiger partial charge < -0.3 is 5.11 Å². The average molecular weight is 221 g/mol. The number of rotatable bonds is 0. The quantitative estimate of drug-likeness (QED) is 0.711. The van der Waals surface area contributed by atoms with Crippen molar-refractivity contribution in [3.05, 3.63) is 65.2 Å². The predicted molar refractivity (Wildman–Crippen MR) is 64.3 cm³/mol. The van der Waals surface area contributed by atoms with Crippen LogP contribution in [0.25, 0.3) is 0 Å². The zero-order chi connectivity index (χ0) is 11.1. The van der Waals surface area contributed by atoms with E-state index in [2.05, 4.69) is 19.1 Å². The Labute approximate surface area is 95.0 Å². The topological polar surface area (TPSA) is 20.2 Å². The lowest BCUT2D eigenvalue weighted by Gasteiger charge is -1.89. The molecule has 0 aliphatic rings. The highest BCUT2D eigenvalue weighted by molar-refractivity contribution is 6.31. The summed E-state index contributed by atoms with van der Waals surface area (Å²) < 4.78 is 0. The Kier molecular flexibility index (Phi) is 4.72. The Morgan fingerprint density at radius 2 is 1.40 bits per heavy atom. The molecule has 0 bridgehead atoms. The summed E-state index contributed by atoms with van der Waals surface area (Å²) in [5.74, 6) is 0.133. The van der Waals surface area contributed by atoms with Gasteiger partial charge in [-0.3, -0.25) is 0 Å². The minimum atomic E-state index is 0.133. The molecule has 0 aromatic heterocycles. The fraction of sp³-hybridized carbons (Fsp3) is 0.0769. The van der Waals surface area contributed by atoms with E-state index in [1.54, 1.807) is 24.3 Å². The first kappa shape index (κ1) is 11.6. The van der Waals surface area contributed by atoms with Crippen LogP contribution >= 0.6 is 11.6 Å². The lowest BCUT2D eigenvalue weighted by molar-refractivity contribution is 0.475. The van der Waals surface area contributed by atoms with E-state index in [9.17, 15) is 0 Å². The SMILES string of the molecule is Cc1ccccc1.Oc1ccccc1Cl. The van der Waals surface area contributed by atoms with Crippen molar-refractivity contribution in [3.8, 4) is 5.75 Å². The largest absolute Gasteiger partial charge is 0.506 e. The molecule has 0 heterocycles. The van der Waals surface area contributed by atoms with Crippen LogP contribution < -0.4 is 0 Å². The monoisotopic (exact) mass is 220 g/mol. The Hall–Kier alpha value is -1.47. The van der Waals surface area contributed by atoms with E-state index in [-0.39, 0.29) is 5.75 Å². The second kappa shape index (κ2) is 6.10. The van der Waals surface area contributed by atoms with Crippen molar-refractivity contribution in [1.29, 1.82) is 0 Å². The number of para-hydroxylation sites is 1. The van der Waals surface area contributed by atoms with Gasteiger partial charge in [-0.25, -0.2) is 0 Å². The van der Waals surface area contributed by atoms with Crippen molar-refractivity contribution in [3.63, 3.8) is 0 Å². The summed E-state index contributed by atoms with van der Waals surface area (Å²) in [6, 6.07) is 16.9. The molecule has 2 aromatic carbocycles. The molecule has 2 aromatic rings. The van der Waals surface area contributed by atoms with Gasteiger partial charge in [-0.15, -0.1) is 0 Å². The van der Waals surface area contributed by atoms with Crippen LogP contribution in [-0.4, -0.2) is 5.11 Å². The second-order valence-corrected chi connectivity index (χ2v) is 3.51. The number of phenolic OH excluding ortho intramolecular Hbond substituents is 1. The predicted octanol–water partition coefficient (Wildman–Crippen LogP) is 4.04. The average Bonchev–Trinajstić information content (AvgIpc) is 2.25. The lowest BCUT2D eigenvalue weighted by atomic mass is 10.2. The van der Waals surface area contributed by atoms with Gasteiger partial charge in [0.1, 0.15) is 5.75 Å². The maximum absolute atomic E-state index is 8.79. The maximum atomic E-state index is 8.79. The third-order valence-electron chi connectivity index (χ3n) is 1.79. The number of aromatic hydroxyl groups is 1. The minimum Gasteiger partial charge on any atom is -0.506 e. The Morgan fingerprint density at radius 1 is 0.867 bits per heavy atom. The van der Waals surface area contributed by atoms with Gasteiger partial charge in [-0.1, -0.05) is 59.6 Å². The molecular weight excluding hydrogens is 208 g/mol. The van der Waals surface area contributed by atoms with E-state index < -0.39 is 0 Å². The van der Waals surface area contributed by atoms with Crippen molar-refractivity contribution in [1.82, 2.24) is 0 Å². The number of hydrogen-bond donors (Lipinski definition) is 1. The molecule has 0 saturated carbocycles. The second-order valence-electron chi connectivity index (χ2n) is 3.11. The van der Waals surface area contributed by atoms with Gasteiger partial charge in [-0.2, -0.15) is 0 Å². The lowest BCUT2D eigenvalue weighted by Crippen LogP contribution is -1.62. The van der Waals surface area contributed by atoms with Crippen LogP contribution in [0.1, 0.15) is 5.56 Å². The van der Waals surface area contributed by atoms with Crippen LogP contribution in [0.3, 0.4) is 0 Å². The van der Waals surface area contributed by atoms with E-state index in [0.29, 0.717) is 5.02 Å². The zero-order valence-electron chi connectivity index (χ0n) is 8.52. The smallest absolute Gasteiger partial charge is 0.134 e. The van der Waals surface area contributed by atoms with Gasteiger partial charge in [0.05, 0.1) is 5.02 Å². The molecule has 15 heavy (non-hydrogen) atoms. The van der Waals surface area contributed by atoms with Gasteiger partial charge in [-0.05, 0) is 19.1 Å². The summed E-state index contributed by atoms with van der Waals surface area (Å²) in [6.07, 6.45) is 0. The molecule has 1 N–H and O–H groups in total.